The number of hydrogen-bond acceptors (Lipinski definition) is 3. The van der Waals surface area contributed by atoms with Gasteiger partial charge in [-0.3, -0.25) is 0 Å². The van der Waals surface area contributed by atoms with Crippen LogP contribution in [0.3, 0.4) is 0 Å². The molecule has 2 N–H and O–H groups in total. The zero-order valence-electron chi connectivity index (χ0n) is 5.23. The maximum absolute atomic E-state index is 9.04. The molecule has 0 spiro atoms. The Morgan fingerprint density at radius 1 is 1.27 bits per heavy atom. The second-order valence-electron chi connectivity index (χ2n) is 1.80. The van der Waals surface area contributed by atoms with E-state index in [0.29, 0.717) is 5.56 Å². The number of para-hydroxylation sites is 1. The van der Waals surface area contributed by atoms with Crippen molar-refractivity contribution in [3.63, 3.8) is 0 Å². The molecular weight excluding hydrogens is 153 g/mol. The molecule has 4 heteroatoms. The second-order valence-corrected chi connectivity index (χ2v) is 1.80. The third-order valence-corrected chi connectivity index (χ3v) is 1.13. The van der Waals surface area contributed by atoms with Crippen LogP contribution >= 0.6 is 0 Å². The van der Waals surface area contributed by atoms with E-state index in [-0.39, 0.29) is 35.3 Å². The number of benzene rings is 1. The molecule has 54 valence electrons. The molecule has 3 nitrogen and oxygen atoms in total. The molecule has 0 aromatic heterocycles. The van der Waals surface area contributed by atoms with Crippen LogP contribution in [0.15, 0.2) is 29.4 Å². The number of phenolic OH excluding ortho intramolecular Hbond substituents is 1. The molecule has 0 saturated carbocycles. The SMILES string of the molecule is ON=Cc1ccccc1O.[NaH]. The molecule has 0 aliphatic heterocycles. The van der Waals surface area contributed by atoms with Crippen LogP contribution in [0.1, 0.15) is 5.56 Å². The van der Waals surface area contributed by atoms with Gasteiger partial charge in [0.05, 0.1) is 6.21 Å². The van der Waals surface area contributed by atoms with Gasteiger partial charge >= 0.3 is 29.6 Å². The van der Waals surface area contributed by atoms with E-state index in [2.05, 4.69) is 5.16 Å². The Hall–Kier alpha value is -0.510. The first-order valence-corrected chi connectivity index (χ1v) is 2.80. The quantitative estimate of drug-likeness (QED) is 0.273. The van der Waals surface area contributed by atoms with Crippen LogP contribution in [0.5, 0.6) is 5.75 Å². The van der Waals surface area contributed by atoms with Crippen molar-refractivity contribution in [3.8, 4) is 5.75 Å². The fraction of sp³-hybridized carbons (Fsp3) is 0. The van der Waals surface area contributed by atoms with Gasteiger partial charge in [-0.15, -0.1) is 0 Å². The van der Waals surface area contributed by atoms with Gasteiger partial charge in [-0.1, -0.05) is 17.3 Å². The van der Waals surface area contributed by atoms with Crippen LogP contribution in [-0.2, 0) is 0 Å². The predicted molar refractivity (Wildman–Crippen MR) is 44.6 cm³/mol. The molecule has 0 aliphatic rings. The Balaban J connectivity index is 0.000001000. The summed E-state index contributed by atoms with van der Waals surface area (Å²) in [6.45, 7) is 0. The molecule has 0 aliphatic carbocycles. The standard InChI is InChI=1S/C7H7NO2.Na.H/c9-7-4-2-1-3-6(7)5-8-10;;/h1-5,9-10H;;. The van der Waals surface area contributed by atoms with Crippen molar-refractivity contribution >= 4 is 35.8 Å². The zero-order valence-corrected chi connectivity index (χ0v) is 5.23. The molecule has 0 fully saturated rings. The molecule has 0 amide bonds. The summed E-state index contributed by atoms with van der Waals surface area (Å²) in [5.41, 5.74) is 0.505. The van der Waals surface area contributed by atoms with Crippen LogP contribution in [0.25, 0.3) is 0 Å². The van der Waals surface area contributed by atoms with Crippen molar-refractivity contribution in [1.29, 1.82) is 0 Å². The van der Waals surface area contributed by atoms with E-state index in [1.54, 1.807) is 18.2 Å². The van der Waals surface area contributed by atoms with Crippen LogP contribution in [0.2, 0.25) is 0 Å². The Bertz CT molecular complexity index is 250. The first-order chi connectivity index (χ1) is 4.84. The molecule has 0 unspecified atom stereocenters. The molecule has 0 heterocycles. The molecule has 11 heavy (non-hydrogen) atoms. The van der Waals surface area contributed by atoms with Gasteiger partial charge < -0.3 is 10.3 Å². The van der Waals surface area contributed by atoms with Gasteiger partial charge in [0.1, 0.15) is 5.75 Å². The zero-order chi connectivity index (χ0) is 7.40. The van der Waals surface area contributed by atoms with Gasteiger partial charge in [0.2, 0.25) is 0 Å². The fourth-order valence-electron chi connectivity index (χ4n) is 0.659. The monoisotopic (exact) mass is 161 g/mol. The first-order valence-electron chi connectivity index (χ1n) is 2.80. The van der Waals surface area contributed by atoms with Gasteiger partial charge in [-0.2, -0.15) is 0 Å². The third-order valence-electron chi connectivity index (χ3n) is 1.13. The van der Waals surface area contributed by atoms with Crippen LogP contribution in [-0.4, -0.2) is 46.1 Å². The van der Waals surface area contributed by atoms with Crippen molar-refractivity contribution in [3.05, 3.63) is 29.8 Å². The Morgan fingerprint density at radius 3 is 2.45 bits per heavy atom. The van der Waals surface area contributed by atoms with Crippen molar-refractivity contribution < 1.29 is 10.3 Å². The minimum atomic E-state index is 0. The van der Waals surface area contributed by atoms with Gasteiger partial charge in [-0.05, 0) is 12.1 Å². The van der Waals surface area contributed by atoms with Gasteiger partial charge in [-0.25, -0.2) is 0 Å². The summed E-state index contributed by atoms with van der Waals surface area (Å²) in [5.74, 6) is 0.111. The molecule has 1 aromatic carbocycles. The molecule has 0 atom stereocenters. The summed E-state index contributed by atoms with van der Waals surface area (Å²) in [7, 11) is 0. The van der Waals surface area contributed by atoms with Crippen molar-refractivity contribution in [2.75, 3.05) is 0 Å². The van der Waals surface area contributed by atoms with Gasteiger partial charge in [0, 0.05) is 5.56 Å². The second kappa shape index (κ2) is 5.18. The molecule has 0 radical (unpaired) electrons. The fourth-order valence-corrected chi connectivity index (χ4v) is 0.659. The normalized spacial score (nSPS) is 9.45. The molecule has 0 saturated heterocycles. The molecule has 0 bridgehead atoms. The van der Waals surface area contributed by atoms with Gasteiger partial charge in [0.15, 0.2) is 0 Å². The van der Waals surface area contributed by atoms with E-state index < -0.39 is 0 Å². The van der Waals surface area contributed by atoms with Crippen molar-refractivity contribution in [2.45, 2.75) is 0 Å². The first kappa shape index (κ1) is 10.5. The van der Waals surface area contributed by atoms with Crippen molar-refractivity contribution in [2.24, 2.45) is 5.16 Å². The number of phenols is 1. The molecule has 1 rings (SSSR count). The number of aromatic hydroxyl groups is 1. The van der Waals surface area contributed by atoms with Crippen LogP contribution in [0.4, 0.5) is 0 Å². The Labute approximate surface area is 86.6 Å². The average Bonchev–Trinajstić information content (AvgIpc) is 1.94. The summed E-state index contributed by atoms with van der Waals surface area (Å²) in [6, 6.07) is 6.62. The van der Waals surface area contributed by atoms with Gasteiger partial charge in [0.25, 0.3) is 0 Å². The summed E-state index contributed by atoms with van der Waals surface area (Å²) >= 11 is 0. The summed E-state index contributed by atoms with van der Waals surface area (Å²) in [6.07, 6.45) is 1.18. The molecular formula is C7H8NNaO2. The van der Waals surface area contributed by atoms with E-state index in [9.17, 15) is 0 Å². The number of rotatable bonds is 1. The minimum absolute atomic E-state index is 0. The average molecular weight is 161 g/mol. The topological polar surface area (TPSA) is 52.8 Å². The van der Waals surface area contributed by atoms with Crippen LogP contribution < -0.4 is 0 Å². The summed E-state index contributed by atoms with van der Waals surface area (Å²) in [5, 5.41) is 19.9. The van der Waals surface area contributed by atoms with E-state index in [4.69, 9.17) is 10.3 Å². The number of hydrogen-bond donors (Lipinski definition) is 2. The number of nitrogens with zero attached hydrogens (tertiary/aromatic N) is 1. The van der Waals surface area contributed by atoms with E-state index in [1.807, 2.05) is 0 Å². The van der Waals surface area contributed by atoms with Crippen molar-refractivity contribution in [1.82, 2.24) is 0 Å². The summed E-state index contributed by atoms with van der Waals surface area (Å²) in [4.78, 5) is 0. The van der Waals surface area contributed by atoms with E-state index in [0.717, 1.165) is 0 Å². The van der Waals surface area contributed by atoms with E-state index >= 15 is 0 Å². The molecule has 1 aromatic rings. The van der Waals surface area contributed by atoms with E-state index in [1.165, 1.54) is 12.3 Å². The Morgan fingerprint density at radius 2 is 1.91 bits per heavy atom. The summed E-state index contributed by atoms with van der Waals surface area (Å²) < 4.78 is 0. The predicted octanol–water partition coefficient (Wildman–Crippen LogP) is 0.552. The Kier molecular flexibility index (Phi) is 4.94. The number of oxime groups is 1. The maximum atomic E-state index is 9.04. The van der Waals surface area contributed by atoms with Crippen LogP contribution in [0, 0.1) is 0 Å². The third kappa shape index (κ3) is 2.93.